The molecule has 1 N–H and O–H groups in total. The number of carbonyl (C=O) groups excluding carboxylic acids is 2. The van der Waals surface area contributed by atoms with Crippen LogP contribution >= 0.6 is 0 Å². The Balaban J connectivity index is 1.90. The number of benzene rings is 1. The summed E-state index contributed by atoms with van der Waals surface area (Å²) in [5.74, 6) is 0.439. The van der Waals surface area contributed by atoms with Crippen LogP contribution in [0.4, 0.5) is 5.69 Å². The van der Waals surface area contributed by atoms with E-state index in [-0.39, 0.29) is 11.8 Å². The van der Waals surface area contributed by atoms with Crippen LogP contribution in [0.5, 0.6) is 5.75 Å². The second-order valence-electron chi connectivity index (χ2n) is 5.09. The van der Waals surface area contributed by atoms with Crippen molar-refractivity contribution in [1.82, 2.24) is 5.32 Å². The van der Waals surface area contributed by atoms with Gasteiger partial charge >= 0.3 is 0 Å². The molecule has 1 atom stereocenters. The number of nitrogens with one attached hydrogen (secondary N) is 1. The lowest BCUT2D eigenvalue weighted by Crippen LogP contribution is -2.42. The number of hydrogen-bond acceptors (Lipinski definition) is 3. The van der Waals surface area contributed by atoms with Crippen molar-refractivity contribution in [3.63, 3.8) is 0 Å². The van der Waals surface area contributed by atoms with Crippen LogP contribution in [0.1, 0.15) is 30.1 Å². The summed E-state index contributed by atoms with van der Waals surface area (Å²) in [5.41, 5.74) is 1.20. The Morgan fingerprint density at radius 3 is 2.84 bits per heavy atom. The van der Waals surface area contributed by atoms with Crippen LogP contribution in [0.3, 0.4) is 0 Å². The molecule has 1 aromatic rings. The van der Waals surface area contributed by atoms with Crippen LogP contribution in [-0.4, -0.2) is 31.0 Å². The molecule has 5 nitrogen and oxygen atoms in total. The van der Waals surface area contributed by atoms with Gasteiger partial charge in [0.05, 0.1) is 5.69 Å². The summed E-state index contributed by atoms with van der Waals surface area (Å²) in [5, 5.41) is 2.93. The van der Waals surface area contributed by atoms with E-state index in [0.29, 0.717) is 23.0 Å². The number of amides is 2. The third-order valence-corrected chi connectivity index (χ3v) is 3.48. The van der Waals surface area contributed by atoms with E-state index in [2.05, 4.69) is 5.32 Å². The van der Waals surface area contributed by atoms with Gasteiger partial charge in [-0.15, -0.1) is 0 Å². The van der Waals surface area contributed by atoms with Crippen molar-refractivity contribution in [3.05, 3.63) is 23.8 Å². The molecule has 100 valence electrons. The molecule has 0 radical (unpaired) electrons. The van der Waals surface area contributed by atoms with Gasteiger partial charge in [-0.2, -0.15) is 0 Å². The molecule has 5 heteroatoms. The topological polar surface area (TPSA) is 58.6 Å². The molecular formula is C14H16N2O3. The summed E-state index contributed by atoms with van der Waals surface area (Å²) in [6.07, 6.45) is 1.62. The minimum Gasteiger partial charge on any atom is -0.479 e. The zero-order chi connectivity index (χ0) is 13.6. The smallest absolute Gasteiger partial charge is 0.267 e. The fraction of sp³-hybridized carbons (Fsp3) is 0.429. The summed E-state index contributed by atoms with van der Waals surface area (Å²) in [4.78, 5) is 25.4. The van der Waals surface area contributed by atoms with E-state index >= 15 is 0 Å². The van der Waals surface area contributed by atoms with E-state index in [1.165, 1.54) is 4.90 Å². The first-order valence-electron chi connectivity index (χ1n) is 6.45. The predicted octanol–water partition coefficient (Wildman–Crippen LogP) is 1.32. The third-order valence-electron chi connectivity index (χ3n) is 3.48. The Morgan fingerprint density at radius 1 is 1.42 bits per heavy atom. The highest BCUT2D eigenvalue weighted by Crippen LogP contribution is 2.34. The van der Waals surface area contributed by atoms with Crippen molar-refractivity contribution < 1.29 is 14.3 Å². The number of rotatable bonds is 2. The molecule has 0 spiro atoms. The summed E-state index contributed by atoms with van der Waals surface area (Å²) in [6, 6.07) is 5.50. The number of fused-ring (bicyclic) bond motifs is 1. The average molecular weight is 260 g/mol. The maximum absolute atomic E-state index is 12.0. The number of anilines is 1. The highest BCUT2D eigenvalue weighted by atomic mass is 16.5. The molecule has 19 heavy (non-hydrogen) atoms. The molecule has 3 rings (SSSR count). The molecule has 1 aliphatic carbocycles. The molecule has 1 aliphatic heterocycles. The van der Waals surface area contributed by atoms with Gasteiger partial charge in [-0.1, -0.05) is 0 Å². The Morgan fingerprint density at radius 2 is 2.16 bits per heavy atom. The molecule has 1 aromatic carbocycles. The number of carbonyl (C=O) groups is 2. The fourth-order valence-corrected chi connectivity index (χ4v) is 2.15. The van der Waals surface area contributed by atoms with Gasteiger partial charge in [0.2, 0.25) is 0 Å². The van der Waals surface area contributed by atoms with E-state index in [4.69, 9.17) is 4.74 Å². The van der Waals surface area contributed by atoms with E-state index in [1.54, 1.807) is 32.2 Å². The van der Waals surface area contributed by atoms with E-state index in [9.17, 15) is 9.59 Å². The van der Waals surface area contributed by atoms with E-state index in [1.807, 2.05) is 0 Å². The second-order valence-corrected chi connectivity index (χ2v) is 5.09. The van der Waals surface area contributed by atoms with E-state index < -0.39 is 6.10 Å². The Kier molecular flexibility index (Phi) is 2.69. The Labute approximate surface area is 111 Å². The van der Waals surface area contributed by atoms with Gasteiger partial charge in [0.15, 0.2) is 6.10 Å². The molecule has 1 heterocycles. The number of hydrogen-bond donors (Lipinski definition) is 1. The summed E-state index contributed by atoms with van der Waals surface area (Å²) < 4.78 is 5.52. The molecule has 1 unspecified atom stereocenters. The van der Waals surface area contributed by atoms with Crippen LogP contribution in [-0.2, 0) is 4.79 Å². The normalized spacial score (nSPS) is 21.7. The number of ether oxygens (including phenoxy) is 1. The van der Waals surface area contributed by atoms with Crippen molar-refractivity contribution in [3.8, 4) is 5.75 Å². The lowest BCUT2D eigenvalue weighted by molar-refractivity contribution is -0.125. The molecule has 1 saturated carbocycles. The maximum atomic E-state index is 12.0. The highest BCUT2D eigenvalue weighted by molar-refractivity contribution is 6.02. The van der Waals surface area contributed by atoms with Gasteiger partial charge in [0, 0.05) is 18.7 Å². The average Bonchev–Trinajstić information content (AvgIpc) is 3.19. The number of nitrogens with zero attached hydrogens (tertiary/aromatic N) is 1. The third kappa shape index (κ3) is 2.16. The standard InChI is InChI=1S/C14H16N2O3/c1-8-14(18)16(2)11-7-9(3-6-12(11)19-8)13(17)15-10-4-5-10/h3,6-8,10H,4-5H2,1-2H3,(H,15,17). The lowest BCUT2D eigenvalue weighted by Gasteiger charge is -2.30. The van der Waals surface area contributed by atoms with Gasteiger partial charge in [0.25, 0.3) is 11.8 Å². The SMILES string of the molecule is CC1Oc2ccc(C(=O)NC3CC3)cc2N(C)C1=O. The van der Waals surface area contributed by atoms with Gasteiger partial charge in [-0.25, -0.2) is 0 Å². The maximum Gasteiger partial charge on any atom is 0.267 e. The van der Waals surface area contributed by atoms with Crippen LogP contribution in [0.2, 0.25) is 0 Å². The zero-order valence-corrected chi connectivity index (χ0v) is 11.0. The van der Waals surface area contributed by atoms with Gasteiger partial charge < -0.3 is 15.0 Å². The van der Waals surface area contributed by atoms with Crippen molar-refractivity contribution in [2.45, 2.75) is 31.9 Å². The molecule has 0 saturated heterocycles. The van der Waals surface area contributed by atoms with Crippen LogP contribution in [0.25, 0.3) is 0 Å². The first-order chi connectivity index (χ1) is 9.06. The summed E-state index contributed by atoms with van der Waals surface area (Å²) >= 11 is 0. The fourth-order valence-electron chi connectivity index (χ4n) is 2.15. The molecule has 0 aromatic heterocycles. The van der Waals surface area contributed by atoms with Gasteiger partial charge in [-0.3, -0.25) is 9.59 Å². The quantitative estimate of drug-likeness (QED) is 0.872. The monoisotopic (exact) mass is 260 g/mol. The minimum absolute atomic E-state index is 0.0928. The van der Waals surface area contributed by atoms with Crippen molar-refractivity contribution in [2.75, 3.05) is 11.9 Å². The largest absolute Gasteiger partial charge is 0.479 e. The highest BCUT2D eigenvalue weighted by Gasteiger charge is 2.30. The molecule has 2 amide bonds. The van der Waals surface area contributed by atoms with E-state index in [0.717, 1.165) is 12.8 Å². The van der Waals surface area contributed by atoms with Crippen LogP contribution in [0.15, 0.2) is 18.2 Å². The van der Waals surface area contributed by atoms with Gasteiger partial charge in [-0.05, 0) is 38.0 Å². The van der Waals surface area contributed by atoms with Gasteiger partial charge in [0.1, 0.15) is 5.75 Å². The Bertz CT molecular complexity index is 552. The number of likely N-dealkylation sites (N-methyl/N-ethyl adjacent to an activating group) is 1. The van der Waals surface area contributed by atoms with Crippen LogP contribution in [0, 0.1) is 0 Å². The molecular weight excluding hydrogens is 244 g/mol. The first-order valence-corrected chi connectivity index (χ1v) is 6.45. The first kappa shape index (κ1) is 12.0. The molecule has 2 aliphatic rings. The predicted molar refractivity (Wildman–Crippen MR) is 70.4 cm³/mol. The Hall–Kier alpha value is -2.04. The second kappa shape index (κ2) is 4.26. The molecule has 0 bridgehead atoms. The van der Waals surface area contributed by atoms with Crippen molar-refractivity contribution in [1.29, 1.82) is 0 Å². The minimum atomic E-state index is -0.483. The zero-order valence-electron chi connectivity index (χ0n) is 11.0. The molecule has 1 fully saturated rings. The summed E-state index contributed by atoms with van der Waals surface area (Å²) in [6.45, 7) is 1.72. The van der Waals surface area contributed by atoms with Crippen molar-refractivity contribution in [2.24, 2.45) is 0 Å². The van der Waals surface area contributed by atoms with Crippen LogP contribution < -0.4 is 15.0 Å². The lowest BCUT2D eigenvalue weighted by atomic mass is 10.1. The van der Waals surface area contributed by atoms with Crippen molar-refractivity contribution >= 4 is 17.5 Å². The summed E-state index contributed by atoms with van der Waals surface area (Å²) in [7, 11) is 1.70.